The third-order valence-corrected chi connectivity index (χ3v) is 7.79. The molecule has 8 nitrogen and oxygen atoms in total. The van der Waals surface area contributed by atoms with Gasteiger partial charge in [-0.2, -0.15) is 0 Å². The van der Waals surface area contributed by atoms with Crippen LogP contribution in [0.25, 0.3) is 6.08 Å². The van der Waals surface area contributed by atoms with E-state index in [-0.39, 0.29) is 52.7 Å². The fraction of sp³-hybridized carbons (Fsp3) is 0.519. The average Bonchev–Trinajstić information content (AvgIpc) is 3.63. The van der Waals surface area contributed by atoms with Crippen LogP contribution in [-0.4, -0.2) is 61.7 Å². The van der Waals surface area contributed by atoms with Crippen molar-refractivity contribution < 1.29 is 23.5 Å². The molecule has 1 saturated carbocycles. The van der Waals surface area contributed by atoms with Gasteiger partial charge in [0.05, 0.1) is 24.5 Å². The van der Waals surface area contributed by atoms with Gasteiger partial charge in [0.2, 0.25) is 0 Å². The van der Waals surface area contributed by atoms with Gasteiger partial charge in [-0.25, -0.2) is 9.07 Å². The number of hydrogen-bond acceptors (Lipinski definition) is 8. The number of nitrogens with zero attached hydrogens (tertiary/aromatic N) is 4. The number of aryl methyl sites for hydroxylation is 1. The van der Waals surface area contributed by atoms with Crippen molar-refractivity contribution in [3.63, 3.8) is 0 Å². The van der Waals surface area contributed by atoms with Crippen LogP contribution in [0.3, 0.4) is 0 Å². The van der Waals surface area contributed by atoms with E-state index in [9.17, 15) is 18.8 Å². The number of hydrogen-bond donors (Lipinski definition) is 0. The van der Waals surface area contributed by atoms with Crippen LogP contribution in [0.1, 0.15) is 63.3 Å². The second-order valence-electron chi connectivity index (χ2n) is 9.47. The van der Waals surface area contributed by atoms with Crippen molar-refractivity contribution in [1.82, 2.24) is 19.9 Å². The molecule has 1 aromatic carbocycles. The Labute approximate surface area is 232 Å². The van der Waals surface area contributed by atoms with Crippen LogP contribution in [0.2, 0.25) is 0 Å². The van der Waals surface area contributed by atoms with E-state index in [4.69, 9.17) is 4.74 Å². The van der Waals surface area contributed by atoms with Crippen LogP contribution >= 0.6 is 24.2 Å². The predicted molar refractivity (Wildman–Crippen MR) is 146 cm³/mol. The Morgan fingerprint density at radius 3 is 2.68 bits per heavy atom. The van der Waals surface area contributed by atoms with E-state index < -0.39 is 6.04 Å². The molecule has 0 N–H and O–H groups in total. The van der Waals surface area contributed by atoms with Gasteiger partial charge in [0, 0.05) is 49.7 Å². The lowest BCUT2D eigenvalue weighted by Gasteiger charge is -2.38. The number of Topliss-reactive ketones (excluding diaryl/α,β-unsaturated/α-hetero) is 1. The summed E-state index contributed by atoms with van der Waals surface area (Å²) in [5.41, 5.74) is 2.12. The smallest absolute Gasteiger partial charge is 0.305 e. The molecule has 1 aliphatic carbocycles. The van der Waals surface area contributed by atoms with Gasteiger partial charge in [0.1, 0.15) is 5.82 Å². The highest BCUT2D eigenvalue weighted by Crippen LogP contribution is 2.40. The Morgan fingerprint density at radius 1 is 1.24 bits per heavy atom. The number of thioether (sulfide) groups is 1. The number of ether oxygens (including phenoxy) is 1. The Bertz CT molecular complexity index is 1170. The van der Waals surface area contributed by atoms with E-state index in [1.54, 1.807) is 42.9 Å². The lowest BCUT2D eigenvalue weighted by atomic mass is 9.93. The number of esters is 1. The minimum Gasteiger partial charge on any atom is -0.466 e. The van der Waals surface area contributed by atoms with Crippen molar-refractivity contribution in [1.29, 1.82) is 0 Å². The number of likely N-dealkylation sites (tertiary alicyclic amines) is 1. The van der Waals surface area contributed by atoms with Crippen LogP contribution < -0.4 is 0 Å². The maximum absolute atomic E-state index is 14.9. The Kier molecular flexibility index (Phi) is 11.1. The molecule has 38 heavy (non-hydrogen) atoms. The van der Waals surface area contributed by atoms with Crippen molar-refractivity contribution in [2.24, 2.45) is 5.92 Å². The number of piperidine rings is 1. The molecular formula is C27H34ClFN4O4S. The predicted octanol–water partition coefficient (Wildman–Crippen LogP) is 4.64. The van der Waals surface area contributed by atoms with E-state index in [0.717, 1.165) is 24.1 Å². The summed E-state index contributed by atoms with van der Waals surface area (Å²) in [4.78, 5) is 39.1. The van der Waals surface area contributed by atoms with Crippen molar-refractivity contribution >= 4 is 47.1 Å². The van der Waals surface area contributed by atoms with E-state index in [0.29, 0.717) is 44.6 Å². The lowest BCUT2D eigenvalue weighted by molar-refractivity contribution is -0.143. The first kappa shape index (κ1) is 30.0. The molecule has 2 fully saturated rings. The normalized spacial score (nSPS) is 19.6. The molecule has 1 aliphatic heterocycles. The Morgan fingerprint density at radius 2 is 2.00 bits per heavy atom. The first-order valence-electron chi connectivity index (χ1n) is 12.8. The molecular weight excluding hydrogens is 531 g/mol. The van der Waals surface area contributed by atoms with E-state index >= 15 is 0 Å². The molecule has 2 aromatic rings. The maximum atomic E-state index is 14.9. The lowest BCUT2D eigenvalue weighted by Crippen LogP contribution is -2.43. The van der Waals surface area contributed by atoms with Crippen LogP contribution in [0.15, 0.2) is 36.0 Å². The summed E-state index contributed by atoms with van der Waals surface area (Å²) in [6.07, 6.45) is 6.81. The molecule has 206 valence electrons. The maximum Gasteiger partial charge on any atom is 0.305 e. The number of ketones is 1. The first-order chi connectivity index (χ1) is 17.9. The number of benzene rings is 1. The van der Waals surface area contributed by atoms with Crippen LogP contribution in [0.4, 0.5) is 4.39 Å². The first-order valence-corrected chi connectivity index (χ1v) is 13.7. The minimum absolute atomic E-state index is 0. The summed E-state index contributed by atoms with van der Waals surface area (Å²) in [5.74, 6) is -0.585. The monoisotopic (exact) mass is 564 g/mol. The Hall–Kier alpha value is -2.56. The number of halogens is 2. The van der Waals surface area contributed by atoms with Gasteiger partial charge in [-0.1, -0.05) is 35.2 Å². The molecule has 2 heterocycles. The highest BCUT2D eigenvalue weighted by Gasteiger charge is 2.41. The zero-order valence-corrected chi connectivity index (χ0v) is 23.3. The van der Waals surface area contributed by atoms with Crippen LogP contribution in [-0.2, 0) is 25.7 Å². The van der Waals surface area contributed by atoms with E-state index in [2.05, 4.69) is 10.3 Å². The van der Waals surface area contributed by atoms with Crippen LogP contribution in [0.5, 0.6) is 0 Å². The zero-order valence-electron chi connectivity index (χ0n) is 21.7. The van der Waals surface area contributed by atoms with Crippen molar-refractivity contribution in [3.8, 4) is 0 Å². The molecule has 2 atom stereocenters. The summed E-state index contributed by atoms with van der Waals surface area (Å²) in [7, 11) is 0. The summed E-state index contributed by atoms with van der Waals surface area (Å²) in [6, 6.07) is 5.84. The fourth-order valence-electron chi connectivity index (χ4n) is 4.74. The number of carbonyl (C=O) groups is 3. The molecule has 0 amide bonds. The Balaban J connectivity index is 0.00000400. The van der Waals surface area contributed by atoms with E-state index in [1.807, 2.05) is 11.0 Å². The van der Waals surface area contributed by atoms with Crippen molar-refractivity contribution in [3.05, 3.63) is 53.1 Å². The average molecular weight is 565 g/mol. The van der Waals surface area contributed by atoms with Crippen LogP contribution in [0, 0.1) is 11.7 Å². The highest BCUT2D eigenvalue weighted by molar-refractivity contribution is 8.14. The third-order valence-electron chi connectivity index (χ3n) is 6.64. The SMILES string of the molecule is CCOC(=O)CCCn1nncc1/C=C1\CN(C(C(=O)C2CC2)c2ccccc2F)CCC1SC(C)=O.Cl. The molecule has 2 unspecified atom stereocenters. The van der Waals surface area contributed by atoms with Gasteiger partial charge >= 0.3 is 5.97 Å². The van der Waals surface area contributed by atoms with Crippen molar-refractivity contribution in [2.75, 3.05) is 19.7 Å². The van der Waals surface area contributed by atoms with Gasteiger partial charge in [-0.15, -0.1) is 17.5 Å². The topological polar surface area (TPSA) is 94.4 Å². The van der Waals surface area contributed by atoms with Gasteiger partial charge < -0.3 is 4.74 Å². The summed E-state index contributed by atoms with van der Waals surface area (Å²) in [6.45, 7) is 5.17. The summed E-state index contributed by atoms with van der Waals surface area (Å²) < 4.78 is 21.6. The number of rotatable bonds is 11. The van der Waals surface area contributed by atoms with E-state index in [1.165, 1.54) is 17.8 Å². The third kappa shape index (κ3) is 7.74. The van der Waals surface area contributed by atoms with Gasteiger partial charge in [0.25, 0.3) is 0 Å². The molecule has 1 saturated heterocycles. The number of aromatic nitrogens is 3. The molecule has 0 spiro atoms. The van der Waals surface area contributed by atoms with Crippen molar-refractivity contribution in [2.45, 2.75) is 63.8 Å². The molecule has 2 aliphatic rings. The highest BCUT2D eigenvalue weighted by atomic mass is 35.5. The second kappa shape index (κ2) is 14.0. The molecule has 4 rings (SSSR count). The van der Waals surface area contributed by atoms with Gasteiger partial charge in [-0.05, 0) is 50.3 Å². The molecule has 1 aromatic heterocycles. The largest absolute Gasteiger partial charge is 0.466 e. The van der Waals surface area contributed by atoms with Gasteiger partial charge in [-0.3, -0.25) is 19.3 Å². The summed E-state index contributed by atoms with van der Waals surface area (Å²) in [5, 5.41) is 8.16. The minimum atomic E-state index is -0.659. The quantitative estimate of drug-likeness (QED) is 0.364. The standard InChI is InChI=1S/C27H33FN4O4S.ClH/c1-3-36-25(34)9-6-13-32-21(16-29-30-32)15-20-17-31(14-12-24(20)37-18(2)33)26(27(35)19-10-11-19)22-7-4-5-8-23(22)28;/h4-5,7-8,15-16,19,24,26H,3,6,9-14,17H2,1-2H3;1H/b20-15+;. The second-order valence-corrected chi connectivity index (χ2v) is 10.8. The van der Waals surface area contributed by atoms with Gasteiger partial charge in [0.15, 0.2) is 10.9 Å². The number of carbonyl (C=O) groups excluding carboxylic acids is 3. The molecule has 0 radical (unpaired) electrons. The molecule has 11 heteroatoms. The zero-order chi connectivity index (χ0) is 26.4. The fourth-order valence-corrected chi connectivity index (χ4v) is 5.66. The molecule has 0 bridgehead atoms. The summed E-state index contributed by atoms with van der Waals surface area (Å²) >= 11 is 1.27.